The Morgan fingerprint density at radius 2 is 1.86 bits per heavy atom. The van der Waals surface area contributed by atoms with E-state index in [-0.39, 0.29) is 5.78 Å². The third-order valence-electron chi connectivity index (χ3n) is 5.13. The second-order valence-electron chi connectivity index (χ2n) is 7.58. The number of aromatic nitrogens is 4. The van der Waals surface area contributed by atoms with E-state index in [0.717, 1.165) is 45.9 Å². The van der Waals surface area contributed by atoms with Crippen LogP contribution in [0.2, 0.25) is 5.02 Å². The third-order valence-corrected chi connectivity index (χ3v) is 6.40. The number of carbonyl (C=O) groups excluding carboxylic acids is 1. The maximum atomic E-state index is 12.9. The molecule has 2 aromatic heterocycles. The normalized spacial score (nSPS) is 11.4. The van der Waals surface area contributed by atoms with Gasteiger partial charge in [0.2, 0.25) is 0 Å². The smallest absolute Gasteiger partial charge is 0.191 e. The highest BCUT2D eigenvalue weighted by Gasteiger charge is 2.18. The lowest BCUT2D eigenvalue weighted by molar-refractivity contribution is 0.102. The number of Topliss-reactive ketones (excluding diaryl/α,β-unsaturated/α-hetero) is 1. The number of aryl methyl sites for hydroxylation is 2. The zero-order chi connectivity index (χ0) is 21.1. The van der Waals surface area contributed by atoms with Crippen molar-refractivity contribution in [2.24, 2.45) is 7.05 Å². The fourth-order valence-corrected chi connectivity index (χ4v) is 4.41. The van der Waals surface area contributed by atoms with Crippen LogP contribution in [0, 0.1) is 13.8 Å². The van der Waals surface area contributed by atoms with Crippen molar-refractivity contribution in [2.75, 3.05) is 5.75 Å². The van der Waals surface area contributed by atoms with Crippen molar-refractivity contribution in [3.05, 3.63) is 63.7 Å². The van der Waals surface area contributed by atoms with Crippen LogP contribution in [0.25, 0.3) is 0 Å². The summed E-state index contributed by atoms with van der Waals surface area (Å²) in [6.07, 6.45) is 0.896. The predicted molar refractivity (Wildman–Crippen MR) is 119 cm³/mol. The molecule has 3 rings (SSSR count). The van der Waals surface area contributed by atoms with Crippen LogP contribution in [0.4, 0.5) is 0 Å². The molecule has 0 radical (unpaired) electrons. The van der Waals surface area contributed by atoms with Gasteiger partial charge in [0, 0.05) is 41.5 Å². The van der Waals surface area contributed by atoms with Crippen LogP contribution in [0.15, 0.2) is 35.5 Å². The first-order valence-electron chi connectivity index (χ1n) is 9.74. The average molecular weight is 431 g/mol. The first-order valence-corrected chi connectivity index (χ1v) is 11.1. The minimum absolute atomic E-state index is 0.120. The second-order valence-corrected chi connectivity index (χ2v) is 8.96. The second kappa shape index (κ2) is 9.18. The van der Waals surface area contributed by atoms with E-state index in [1.165, 1.54) is 17.3 Å². The molecule has 1 aromatic carbocycles. The van der Waals surface area contributed by atoms with E-state index in [0.29, 0.717) is 11.7 Å². The molecule has 29 heavy (non-hydrogen) atoms. The summed E-state index contributed by atoms with van der Waals surface area (Å²) in [6, 6.07) is 9.92. The molecule has 0 aliphatic rings. The number of hydrogen-bond donors (Lipinski definition) is 0. The van der Waals surface area contributed by atoms with Gasteiger partial charge in [0.1, 0.15) is 5.82 Å². The molecule has 5 nitrogen and oxygen atoms in total. The van der Waals surface area contributed by atoms with E-state index >= 15 is 0 Å². The molecule has 154 valence electrons. The molecule has 2 heterocycles. The quantitative estimate of drug-likeness (QED) is 0.362. The molecule has 0 saturated heterocycles. The van der Waals surface area contributed by atoms with Gasteiger partial charge in [0.05, 0.1) is 5.75 Å². The summed E-state index contributed by atoms with van der Waals surface area (Å²) in [5.74, 6) is 1.71. The van der Waals surface area contributed by atoms with Crippen molar-refractivity contribution >= 4 is 29.1 Å². The zero-order valence-corrected chi connectivity index (χ0v) is 19.1. The summed E-state index contributed by atoms with van der Waals surface area (Å²) in [5, 5.41) is 9.98. The maximum absolute atomic E-state index is 12.9. The van der Waals surface area contributed by atoms with Crippen LogP contribution in [-0.2, 0) is 20.0 Å². The van der Waals surface area contributed by atoms with Gasteiger partial charge in [0.15, 0.2) is 10.9 Å². The highest BCUT2D eigenvalue weighted by molar-refractivity contribution is 7.99. The molecule has 0 atom stereocenters. The molecule has 0 amide bonds. The molecule has 0 fully saturated rings. The Bertz CT molecular complexity index is 1000. The van der Waals surface area contributed by atoms with Gasteiger partial charge in [-0.25, -0.2) is 0 Å². The summed E-state index contributed by atoms with van der Waals surface area (Å²) in [6.45, 7) is 9.08. The minimum Gasteiger partial charge on any atom is -0.348 e. The van der Waals surface area contributed by atoms with Gasteiger partial charge in [-0.3, -0.25) is 4.79 Å². The lowest BCUT2D eigenvalue weighted by Crippen LogP contribution is -2.09. The van der Waals surface area contributed by atoms with Gasteiger partial charge < -0.3 is 9.13 Å². The Hall–Kier alpha value is -2.05. The van der Waals surface area contributed by atoms with E-state index < -0.39 is 0 Å². The minimum atomic E-state index is 0.120. The van der Waals surface area contributed by atoms with Gasteiger partial charge in [-0.05, 0) is 44.0 Å². The molecule has 0 aliphatic carbocycles. The van der Waals surface area contributed by atoms with Crippen molar-refractivity contribution in [2.45, 2.75) is 51.7 Å². The van der Waals surface area contributed by atoms with Crippen molar-refractivity contribution in [1.82, 2.24) is 19.3 Å². The topological polar surface area (TPSA) is 52.7 Å². The van der Waals surface area contributed by atoms with E-state index in [1.807, 2.05) is 48.9 Å². The molecule has 0 spiro atoms. The number of hydrogen-bond acceptors (Lipinski definition) is 4. The molecule has 7 heteroatoms. The molecular formula is C22H27ClN4OS. The highest BCUT2D eigenvalue weighted by atomic mass is 35.5. The van der Waals surface area contributed by atoms with Crippen molar-refractivity contribution < 1.29 is 4.79 Å². The Balaban J connectivity index is 1.67. The molecule has 0 aliphatic heterocycles. The van der Waals surface area contributed by atoms with Crippen LogP contribution in [0.1, 0.15) is 52.9 Å². The molecular weight excluding hydrogens is 404 g/mol. The van der Waals surface area contributed by atoms with Crippen molar-refractivity contribution in [1.29, 1.82) is 0 Å². The number of benzene rings is 1. The fourth-order valence-electron chi connectivity index (χ4n) is 3.48. The van der Waals surface area contributed by atoms with E-state index in [1.54, 1.807) is 0 Å². The number of rotatable bonds is 8. The Kier molecular flexibility index (Phi) is 6.85. The first-order chi connectivity index (χ1) is 13.8. The first kappa shape index (κ1) is 21.7. The van der Waals surface area contributed by atoms with E-state index in [2.05, 4.69) is 35.5 Å². The van der Waals surface area contributed by atoms with Crippen LogP contribution in [0.3, 0.4) is 0 Å². The number of thioether (sulfide) groups is 1. The SMILES string of the molecule is Cc1cc(C(=O)CSc2nnc(C(C)C)n2C)c(C)n1CCc1ccc(Cl)cc1. The van der Waals surface area contributed by atoms with Crippen molar-refractivity contribution in [3.8, 4) is 0 Å². The monoisotopic (exact) mass is 430 g/mol. The lowest BCUT2D eigenvalue weighted by atomic mass is 10.1. The molecule has 3 aromatic rings. The van der Waals surface area contributed by atoms with Crippen LogP contribution < -0.4 is 0 Å². The molecule has 0 saturated carbocycles. The highest BCUT2D eigenvalue weighted by Crippen LogP contribution is 2.23. The van der Waals surface area contributed by atoms with E-state index in [9.17, 15) is 4.79 Å². The van der Waals surface area contributed by atoms with Gasteiger partial charge in [0.25, 0.3) is 0 Å². The number of carbonyl (C=O) groups is 1. The Labute approximate surface area is 181 Å². The van der Waals surface area contributed by atoms with Crippen molar-refractivity contribution in [3.63, 3.8) is 0 Å². The van der Waals surface area contributed by atoms with Gasteiger partial charge >= 0.3 is 0 Å². The summed E-state index contributed by atoms with van der Waals surface area (Å²) in [5.41, 5.74) is 4.14. The zero-order valence-electron chi connectivity index (χ0n) is 17.6. The number of halogens is 1. The lowest BCUT2D eigenvalue weighted by Gasteiger charge is -2.10. The molecule has 0 bridgehead atoms. The van der Waals surface area contributed by atoms with Crippen LogP contribution in [-0.4, -0.2) is 30.9 Å². The van der Waals surface area contributed by atoms with Gasteiger partial charge in [-0.15, -0.1) is 10.2 Å². The third kappa shape index (κ3) is 4.93. The van der Waals surface area contributed by atoms with Gasteiger partial charge in [-0.1, -0.05) is 49.3 Å². The average Bonchev–Trinajstić information content (AvgIpc) is 3.19. The fraction of sp³-hybridized carbons (Fsp3) is 0.409. The standard InChI is InChI=1S/C22H27ClN4OS/c1-14(2)21-24-25-22(26(21)5)29-13-20(28)19-12-15(3)27(16(19)4)11-10-17-6-8-18(23)9-7-17/h6-9,12,14H,10-11,13H2,1-5H3. The number of nitrogens with zero attached hydrogens (tertiary/aromatic N) is 4. The maximum Gasteiger partial charge on any atom is 0.191 e. The Morgan fingerprint density at radius 1 is 1.17 bits per heavy atom. The van der Waals surface area contributed by atoms with Gasteiger partial charge in [-0.2, -0.15) is 0 Å². The molecule has 0 unspecified atom stereocenters. The summed E-state index contributed by atoms with van der Waals surface area (Å²) < 4.78 is 4.18. The largest absolute Gasteiger partial charge is 0.348 e. The Morgan fingerprint density at radius 3 is 2.48 bits per heavy atom. The molecule has 0 N–H and O–H groups in total. The van der Waals surface area contributed by atoms with E-state index in [4.69, 9.17) is 11.6 Å². The van der Waals surface area contributed by atoms with Crippen LogP contribution >= 0.6 is 23.4 Å². The summed E-state index contributed by atoms with van der Waals surface area (Å²) >= 11 is 7.40. The number of ketones is 1. The van der Waals surface area contributed by atoms with Crippen LogP contribution in [0.5, 0.6) is 0 Å². The summed E-state index contributed by atoms with van der Waals surface area (Å²) in [7, 11) is 1.95. The predicted octanol–water partition coefficient (Wildman–Crippen LogP) is 5.23. The summed E-state index contributed by atoms with van der Waals surface area (Å²) in [4.78, 5) is 12.9.